The number of quaternary nitrogens is 1. The quantitative estimate of drug-likeness (QED) is 0.726. The number of nitrogens with zero attached hydrogens (tertiary/aromatic N) is 1. The first-order valence-electron chi connectivity index (χ1n) is 7.31. The fraction of sp³-hybridized carbons (Fsp3) is 0.368. The Labute approximate surface area is 123 Å². The fourth-order valence-corrected chi connectivity index (χ4v) is 2.81. The lowest BCUT2D eigenvalue weighted by Gasteiger charge is -2.35. The summed E-state index contributed by atoms with van der Waals surface area (Å²) in [6.45, 7) is 4.43. The summed E-state index contributed by atoms with van der Waals surface area (Å²) in [6.07, 6.45) is 1.08. The van der Waals surface area contributed by atoms with Crippen LogP contribution in [0.1, 0.15) is 28.3 Å². The van der Waals surface area contributed by atoms with Crippen LogP contribution in [-0.2, 0) is 6.42 Å². The molecule has 1 nitrogen and oxygen atoms in total. The van der Waals surface area contributed by atoms with Gasteiger partial charge in [-0.05, 0) is 30.5 Å². The maximum Gasteiger partial charge on any atom is 0.118 e. The van der Waals surface area contributed by atoms with Gasteiger partial charge in [0.05, 0.1) is 21.1 Å². The third kappa shape index (κ3) is 3.29. The third-order valence-corrected chi connectivity index (χ3v) is 4.16. The van der Waals surface area contributed by atoms with E-state index in [1.165, 1.54) is 22.3 Å². The summed E-state index contributed by atoms with van der Waals surface area (Å²) in [5.41, 5.74) is 5.69. The third-order valence-electron chi connectivity index (χ3n) is 4.16. The van der Waals surface area contributed by atoms with Crippen LogP contribution in [0, 0.1) is 13.8 Å². The van der Waals surface area contributed by atoms with Crippen molar-refractivity contribution >= 4 is 0 Å². The Morgan fingerprint density at radius 3 is 1.90 bits per heavy atom. The number of rotatable bonds is 4. The van der Waals surface area contributed by atoms with Crippen molar-refractivity contribution in [2.24, 2.45) is 0 Å². The SMILES string of the molecule is Cc1ccccc1CC(c1ccccc1C)[N+](C)(C)C. The van der Waals surface area contributed by atoms with Crippen LogP contribution in [0.2, 0.25) is 0 Å². The highest BCUT2D eigenvalue weighted by Crippen LogP contribution is 2.30. The summed E-state index contributed by atoms with van der Waals surface area (Å²) < 4.78 is 0.944. The van der Waals surface area contributed by atoms with Gasteiger partial charge in [0.15, 0.2) is 0 Å². The Hall–Kier alpha value is -1.60. The van der Waals surface area contributed by atoms with E-state index in [-0.39, 0.29) is 0 Å². The van der Waals surface area contributed by atoms with Crippen molar-refractivity contribution in [2.45, 2.75) is 26.3 Å². The average molecular weight is 268 g/mol. The summed E-state index contributed by atoms with van der Waals surface area (Å²) in [5.74, 6) is 0. The van der Waals surface area contributed by atoms with Gasteiger partial charge in [0.2, 0.25) is 0 Å². The molecule has 0 bridgehead atoms. The van der Waals surface area contributed by atoms with Gasteiger partial charge in [-0.1, -0.05) is 48.5 Å². The summed E-state index contributed by atoms with van der Waals surface area (Å²) in [5, 5.41) is 0. The van der Waals surface area contributed by atoms with Crippen molar-refractivity contribution in [1.29, 1.82) is 0 Å². The van der Waals surface area contributed by atoms with E-state index in [0.29, 0.717) is 6.04 Å². The molecule has 1 atom stereocenters. The van der Waals surface area contributed by atoms with Crippen LogP contribution in [0.3, 0.4) is 0 Å². The molecule has 2 aromatic rings. The maximum atomic E-state index is 2.29. The number of aryl methyl sites for hydroxylation is 2. The van der Waals surface area contributed by atoms with Gasteiger partial charge < -0.3 is 4.48 Å². The van der Waals surface area contributed by atoms with Crippen molar-refractivity contribution in [1.82, 2.24) is 0 Å². The molecule has 1 heteroatoms. The van der Waals surface area contributed by atoms with Crippen LogP contribution >= 0.6 is 0 Å². The average Bonchev–Trinajstić information content (AvgIpc) is 2.38. The lowest BCUT2D eigenvalue weighted by molar-refractivity contribution is -0.902. The van der Waals surface area contributed by atoms with E-state index in [2.05, 4.69) is 83.5 Å². The van der Waals surface area contributed by atoms with E-state index >= 15 is 0 Å². The van der Waals surface area contributed by atoms with Crippen LogP contribution in [0.4, 0.5) is 0 Å². The van der Waals surface area contributed by atoms with E-state index < -0.39 is 0 Å². The summed E-state index contributed by atoms with van der Waals surface area (Å²) in [4.78, 5) is 0. The molecule has 2 aromatic carbocycles. The standard InChI is InChI=1S/C19H26N/c1-15-10-6-8-12-17(15)14-19(20(3,4)5)18-13-9-7-11-16(18)2/h6-13,19H,14H2,1-5H3/q+1. The molecule has 1 unspecified atom stereocenters. The van der Waals surface area contributed by atoms with Gasteiger partial charge in [0, 0.05) is 12.0 Å². The zero-order valence-corrected chi connectivity index (χ0v) is 13.4. The molecule has 0 aliphatic carbocycles. The molecule has 0 aliphatic heterocycles. The summed E-state index contributed by atoms with van der Waals surface area (Å²) in [6, 6.07) is 18.0. The van der Waals surface area contributed by atoms with Crippen molar-refractivity contribution < 1.29 is 4.48 Å². The number of hydrogen-bond acceptors (Lipinski definition) is 0. The Bertz CT molecular complexity index is 578. The Morgan fingerprint density at radius 2 is 1.35 bits per heavy atom. The molecular weight excluding hydrogens is 242 g/mol. The monoisotopic (exact) mass is 268 g/mol. The summed E-state index contributed by atoms with van der Waals surface area (Å²) >= 11 is 0. The van der Waals surface area contributed by atoms with Crippen LogP contribution in [0.25, 0.3) is 0 Å². The van der Waals surface area contributed by atoms with Crippen molar-refractivity contribution in [3.05, 3.63) is 70.8 Å². The predicted molar refractivity (Wildman–Crippen MR) is 86.8 cm³/mol. The molecule has 0 radical (unpaired) electrons. The minimum Gasteiger partial charge on any atom is -0.324 e. The molecule has 0 spiro atoms. The van der Waals surface area contributed by atoms with Crippen LogP contribution < -0.4 is 0 Å². The molecule has 2 rings (SSSR count). The molecule has 0 heterocycles. The van der Waals surface area contributed by atoms with E-state index in [0.717, 1.165) is 10.9 Å². The first-order chi connectivity index (χ1) is 9.39. The first-order valence-corrected chi connectivity index (χ1v) is 7.31. The van der Waals surface area contributed by atoms with Gasteiger partial charge in [0.25, 0.3) is 0 Å². The number of hydrogen-bond donors (Lipinski definition) is 0. The molecule has 106 valence electrons. The van der Waals surface area contributed by atoms with Crippen LogP contribution in [-0.4, -0.2) is 25.6 Å². The van der Waals surface area contributed by atoms with Crippen molar-refractivity contribution in [3.8, 4) is 0 Å². The second-order valence-corrected chi connectivity index (χ2v) is 6.62. The molecule has 0 saturated carbocycles. The normalized spacial score (nSPS) is 13.2. The molecule has 0 saturated heterocycles. The largest absolute Gasteiger partial charge is 0.324 e. The Balaban J connectivity index is 2.40. The van der Waals surface area contributed by atoms with Gasteiger partial charge in [0.1, 0.15) is 6.04 Å². The predicted octanol–water partition coefficient (Wildman–Crippen LogP) is 4.29. The zero-order valence-electron chi connectivity index (χ0n) is 13.4. The maximum absolute atomic E-state index is 2.29. The Morgan fingerprint density at radius 1 is 0.800 bits per heavy atom. The van der Waals surface area contributed by atoms with E-state index in [1.807, 2.05) is 0 Å². The van der Waals surface area contributed by atoms with Gasteiger partial charge >= 0.3 is 0 Å². The lowest BCUT2D eigenvalue weighted by atomic mass is 9.92. The molecule has 0 amide bonds. The second kappa shape index (κ2) is 5.80. The minimum absolute atomic E-state index is 0.484. The number of benzene rings is 2. The highest BCUT2D eigenvalue weighted by Gasteiger charge is 2.27. The molecule has 0 aliphatic rings. The lowest BCUT2D eigenvalue weighted by Crippen LogP contribution is -2.40. The first kappa shape index (κ1) is 14.8. The van der Waals surface area contributed by atoms with E-state index in [1.54, 1.807) is 0 Å². The zero-order chi connectivity index (χ0) is 14.8. The van der Waals surface area contributed by atoms with Gasteiger partial charge in [-0.25, -0.2) is 0 Å². The van der Waals surface area contributed by atoms with Crippen molar-refractivity contribution in [2.75, 3.05) is 21.1 Å². The van der Waals surface area contributed by atoms with Crippen molar-refractivity contribution in [3.63, 3.8) is 0 Å². The second-order valence-electron chi connectivity index (χ2n) is 6.62. The topological polar surface area (TPSA) is 0 Å². The van der Waals surface area contributed by atoms with Gasteiger partial charge in [-0.2, -0.15) is 0 Å². The molecule has 0 aromatic heterocycles. The smallest absolute Gasteiger partial charge is 0.118 e. The van der Waals surface area contributed by atoms with Gasteiger partial charge in [-0.15, -0.1) is 0 Å². The van der Waals surface area contributed by atoms with Crippen LogP contribution in [0.15, 0.2) is 48.5 Å². The highest BCUT2D eigenvalue weighted by molar-refractivity contribution is 5.32. The minimum atomic E-state index is 0.484. The molecule has 20 heavy (non-hydrogen) atoms. The van der Waals surface area contributed by atoms with Gasteiger partial charge in [-0.3, -0.25) is 0 Å². The molecule has 0 fully saturated rings. The van der Waals surface area contributed by atoms with E-state index in [4.69, 9.17) is 0 Å². The summed E-state index contributed by atoms with van der Waals surface area (Å²) in [7, 11) is 6.86. The number of likely N-dealkylation sites (N-methyl/N-ethyl adjacent to an activating group) is 1. The molecule has 0 N–H and O–H groups in total. The Kier molecular flexibility index (Phi) is 4.29. The van der Waals surface area contributed by atoms with E-state index in [9.17, 15) is 0 Å². The molecular formula is C19H26N+. The fourth-order valence-electron chi connectivity index (χ4n) is 2.81. The van der Waals surface area contributed by atoms with Crippen LogP contribution in [0.5, 0.6) is 0 Å². The highest BCUT2D eigenvalue weighted by atomic mass is 15.3.